The van der Waals surface area contributed by atoms with Gasteiger partial charge in [-0.15, -0.1) is 0 Å². The molecule has 1 unspecified atom stereocenters. The molecule has 0 amide bonds. The average molecular weight is 287 g/mol. The SMILES string of the molecule is COCC(CCO)NS(=O)(=O)CCc1ccccc1. The highest BCUT2D eigenvalue weighted by Crippen LogP contribution is 2.03. The Kier molecular flexibility index (Phi) is 7.01. The van der Waals surface area contributed by atoms with Gasteiger partial charge >= 0.3 is 0 Å². The number of sulfonamides is 1. The van der Waals surface area contributed by atoms with Gasteiger partial charge in [-0.2, -0.15) is 0 Å². The monoisotopic (exact) mass is 287 g/mol. The quantitative estimate of drug-likeness (QED) is 0.695. The molecule has 0 radical (unpaired) electrons. The third kappa shape index (κ3) is 6.68. The van der Waals surface area contributed by atoms with Gasteiger partial charge in [0, 0.05) is 19.8 Å². The summed E-state index contributed by atoms with van der Waals surface area (Å²) in [5.74, 6) is 0.0304. The Hall–Kier alpha value is -0.950. The number of aryl methyl sites for hydroxylation is 1. The van der Waals surface area contributed by atoms with Crippen LogP contribution in [-0.2, 0) is 21.2 Å². The van der Waals surface area contributed by atoms with E-state index in [-0.39, 0.29) is 25.0 Å². The lowest BCUT2D eigenvalue weighted by Gasteiger charge is -2.16. The fraction of sp³-hybridized carbons (Fsp3) is 0.538. The normalized spacial score (nSPS) is 13.4. The van der Waals surface area contributed by atoms with E-state index in [0.29, 0.717) is 12.8 Å². The Morgan fingerprint density at radius 2 is 2.00 bits per heavy atom. The van der Waals surface area contributed by atoms with Gasteiger partial charge in [0.05, 0.1) is 12.4 Å². The predicted molar refractivity (Wildman–Crippen MR) is 74.4 cm³/mol. The van der Waals surface area contributed by atoms with Crippen LogP contribution in [0.25, 0.3) is 0 Å². The van der Waals surface area contributed by atoms with E-state index in [1.165, 1.54) is 7.11 Å². The van der Waals surface area contributed by atoms with Crippen molar-refractivity contribution < 1.29 is 18.3 Å². The van der Waals surface area contributed by atoms with Gasteiger partial charge < -0.3 is 9.84 Å². The number of rotatable bonds is 9. The molecule has 19 heavy (non-hydrogen) atoms. The first kappa shape index (κ1) is 16.1. The topological polar surface area (TPSA) is 75.6 Å². The Morgan fingerprint density at radius 3 is 2.58 bits per heavy atom. The van der Waals surface area contributed by atoms with E-state index in [9.17, 15) is 8.42 Å². The number of hydrogen-bond donors (Lipinski definition) is 2. The number of hydrogen-bond acceptors (Lipinski definition) is 4. The maximum absolute atomic E-state index is 11.9. The number of benzene rings is 1. The molecule has 0 aliphatic carbocycles. The first-order valence-electron chi connectivity index (χ1n) is 6.21. The average Bonchev–Trinajstić information content (AvgIpc) is 2.38. The molecule has 108 valence electrons. The molecule has 2 N–H and O–H groups in total. The Balaban J connectivity index is 2.50. The molecule has 0 saturated carbocycles. The molecule has 0 bridgehead atoms. The van der Waals surface area contributed by atoms with Crippen molar-refractivity contribution in [2.75, 3.05) is 26.1 Å². The van der Waals surface area contributed by atoms with Crippen molar-refractivity contribution in [3.63, 3.8) is 0 Å². The van der Waals surface area contributed by atoms with Crippen molar-refractivity contribution in [2.45, 2.75) is 18.9 Å². The summed E-state index contributed by atoms with van der Waals surface area (Å²) in [5.41, 5.74) is 0.985. The zero-order valence-electron chi connectivity index (χ0n) is 11.1. The highest BCUT2D eigenvalue weighted by atomic mass is 32.2. The van der Waals surface area contributed by atoms with Gasteiger partial charge in [0.25, 0.3) is 0 Å². The Bertz CT molecular complexity index is 441. The molecule has 0 fully saturated rings. The smallest absolute Gasteiger partial charge is 0.212 e. The first-order chi connectivity index (χ1) is 9.07. The van der Waals surface area contributed by atoms with Crippen LogP contribution in [0.5, 0.6) is 0 Å². The molecule has 0 aliphatic rings. The van der Waals surface area contributed by atoms with Crippen molar-refractivity contribution in [2.24, 2.45) is 0 Å². The molecule has 1 atom stereocenters. The van der Waals surface area contributed by atoms with E-state index in [0.717, 1.165) is 5.56 Å². The second-order valence-electron chi connectivity index (χ2n) is 4.34. The molecule has 1 rings (SSSR count). The highest BCUT2D eigenvalue weighted by molar-refractivity contribution is 7.89. The highest BCUT2D eigenvalue weighted by Gasteiger charge is 2.17. The van der Waals surface area contributed by atoms with Crippen molar-refractivity contribution in [3.8, 4) is 0 Å². The van der Waals surface area contributed by atoms with Gasteiger partial charge in [0.2, 0.25) is 10.0 Å². The van der Waals surface area contributed by atoms with Crippen LogP contribution in [0.1, 0.15) is 12.0 Å². The lowest BCUT2D eigenvalue weighted by molar-refractivity contribution is 0.158. The van der Waals surface area contributed by atoms with E-state index < -0.39 is 10.0 Å². The Labute approximate surface area is 114 Å². The molecular weight excluding hydrogens is 266 g/mol. The van der Waals surface area contributed by atoms with Crippen molar-refractivity contribution in [3.05, 3.63) is 35.9 Å². The molecule has 0 saturated heterocycles. The summed E-state index contributed by atoms with van der Waals surface area (Å²) in [6.07, 6.45) is 0.813. The van der Waals surface area contributed by atoms with Gasteiger partial charge in [-0.1, -0.05) is 30.3 Å². The molecular formula is C13H21NO4S. The largest absolute Gasteiger partial charge is 0.396 e. The van der Waals surface area contributed by atoms with Crippen LogP contribution in [0.2, 0.25) is 0 Å². The zero-order valence-corrected chi connectivity index (χ0v) is 11.9. The van der Waals surface area contributed by atoms with Gasteiger partial charge in [-0.25, -0.2) is 13.1 Å². The van der Waals surface area contributed by atoms with Crippen LogP contribution in [-0.4, -0.2) is 45.6 Å². The molecule has 0 aliphatic heterocycles. The van der Waals surface area contributed by atoms with Gasteiger partial charge in [0.15, 0.2) is 0 Å². The summed E-state index contributed by atoms with van der Waals surface area (Å²) in [5, 5.41) is 8.88. The van der Waals surface area contributed by atoms with Crippen LogP contribution in [0.15, 0.2) is 30.3 Å². The van der Waals surface area contributed by atoms with Crippen LogP contribution in [0, 0.1) is 0 Å². The summed E-state index contributed by atoms with van der Waals surface area (Å²) < 4.78 is 31.3. The number of aliphatic hydroxyl groups excluding tert-OH is 1. The number of aliphatic hydroxyl groups is 1. The number of ether oxygens (including phenoxy) is 1. The maximum Gasteiger partial charge on any atom is 0.212 e. The lowest BCUT2D eigenvalue weighted by atomic mass is 10.2. The molecule has 0 heterocycles. The fourth-order valence-corrected chi connectivity index (χ4v) is 3.06. The van der Waals surface area contributed by atoms with E-state index in [1.54, 1.807) is 0 Å². The second-order valence-corrected chi connectivity index (χ2v) is 6.21. The van der Waals surface area contributed by atoms with E-state index in [1.807, 2.05) is 30.3 Å². The molecule has 1 aromatic carbocycles. The summed E-state index contributed by atoms with van der Waals surface area (Å²) in [6.45, 7) is 0.181. The van der Waals surface area contributed by atoms with Crippen molar-refractivity contribution in [1.29, 1.82) is 0 Å². The van der Waals surface area contributed by atoms with Gasteiger partial charge in [0.1, 0.15) is 0 Å². The Morgan fingerprint density at radius 1 is 1.32 bits per heavy atom. The minimum Gasteiger partial charge on any atom is -0.396 e. The number of methoxy groups -OCH3 is 1. The van der Waals surface area contributed by atoms with Gasteiger partial charge in [-0.05, 0) is 18.4 Å². The molecule has 5 nitrogen and oxygen atoms in total. The first-order valence-corrected chi connectivity index (χ1v) is 7.86. The maximum atomic E-state index is 11.9. The van der Waals surface area contributed by atoms with Crippen LogP contribution in [0.3, 0.4) is 0 Å². The van der Waals surface area contributed by atoms with E-state index in [4.69, 9.17) is 9.84 Å². The summed E-state index contributed by atoms with van der Waals surface area (Å²) >= 11 is 0. The summed E-state index contributed by atoms with van der Waals surface area (Å²) in [4.78, 5) is 0. The molecule has 0 spiro atoms. The number of nitrogens with one attached hydrogen (secondary N) is 1. The van der Waals surface area contributed by atoms with E-state index >= 15 is 0 Å². The minimum atomic E-state index is -3.36. The second kappa shape index (κ2) is 8.27. The standard InChI is InChI=1S/C13H21NO4S/c1-18-11-13(7-9-15)14-19(16,17)10-8-12-5-3-2-4-6-12/h2-6,13-15H,7-11H2,1H3. The molecule has 6 heteroatoms. The third-order valence-electron chi connectivity index (χ3n) is 2.69. The van der Waals surface area contributed by atoms with Crippen LogP contribution >= 0.6 is 0 Å². The van der Waals surface area contributed by atoms with Crippen molar-refractivity contribution in [1.82, 2.24) is 4.72 Å². The third-order valence-corrected chi connectivity index (χ3v) is 4.13. The van der Waals surface area contributed by atoms with E-state index in [2.05, 4.69) is 4.72 Å². The summed E-state index contributed by atoms with van der Waals surface area (Å²) in [7, 11) is -1.86. The van der Waals surface area contributed by atoms with Gasteiger partial charge in [-0.3, -0.25) is 0 Å². The lowest BCUT2D eigenvalue weighted by Crippen LogP contribution is -2.40. The fourth-order valence-electron chi connectivity index (χ4n) is 1.74. The molecule has 1 aromatic rings. The van der Waals surface area contributed by atoms with Crippen LogP contribution in [0.4, 0.5) is 0 Å². The van der Waals surface area contributed by atoms with Crippen molar-refractivity contribution >= 4 is 10.0 Å². The summed E-state index contributed by atoms with van der Waals surface area (Å²) in [6, 6.07) is 9.08. The minimum absolute atomic E-state index is 0.0304. The van der Waals surface area contributed by atoms with Crippen LogP contribution < -0.4 is 4.72 Å². The molecule has 0 aromatic heterocycles. The predicted octanol–water partition coefficient (Wildman–Crippen LogP) is 0.546. The zero-order chi connectivity index (χ0) is 14.1.